The van der Waals surface area contributed by atoms with Crippen molar-refractivity contribution in [1.82, 2.24) is 15.5 Å². The average Bonchev–Trinajstić information content (AvgIpc) is 2.70. The van der Waals surface area contributed by atoms with E-state index in [1.807, 2.05) is 7.05 Å². The van der Waals surface area contributed by atoms with Gasteiger partial charge in [-0.2, -0.15) is 0 Å². The maximum Gasteiger partial charge on any atom is 0.221 e. The Morgan fingerprint density at radius 1 is 1.60 bits per heavy atom. The molecule has 0 aromatic heterocycles. The first-order valence-electron chi connectivity index (χ1n) is 5.93. The van der Waals surface area contributed by atoms with Gasteiger partial charge in [0.1, 0.15) is 0 Å². The zero-order valence-electron chi connectivity index (χ0n) is 9.88. The summed E-state index contributed by atoms with van der Waals surface area (Å²) in [5, 5.41) is 5.98. The van der Waals surface area contributed by atoms with Gasteiger partial charge in [-0.25, -0.2) is 0 Å². The number of hydrogen-bond donors (Lipinski definition) is 2. The van der Waals surface area contributed by atoms with Crippen molar-refractivity contribution in [3.8, 4) is 0 Å². The fourth-order valence-electron chi connectivity index (χ4n) is 2.10. The molecule has 0 aromatic rings. The van der Waals surface area contributed by atoms with Crippen LogP contribution in [0.2, 0.25) is 0 Å². The molecule has 2 N–H and O–H groups in total. The lowest BCUT2D eigenvalue weighted by Crippen LogP contribution is -2.40. The normalized spacial score (nSPS) is 21.9. The number of nitrogens with one attached hydrogen (secondary N) is 2. The zero-order chi connectivity index (χ0) is 11.1. The first kappa shape index (κ1) is 12.5. The zero-order valence-corrected chi connectivity index (χ0v) is 9.88. The molecule has 1 unspecified atom stereocenters. The van der Waals surface area contributed by atoms with Gasteiger partial charge >= 0.3 is 0 Å². The Hall–Kier alpha value is -0.610. The smallest absolute Gasteiger partial charge is 0.221 e. The van der Waals surface area contributed by atoms with E-state index < -0.39 is 0 Å². The molecule has 1 aliphatic heterocycles. The Bertz CT molecular complexity index is 205. The SMILES string of the molecule is CCN1CCCC1CNC(=O)CCNC.[HH].[HH]. The summed E-state index contributed by atoms with van der Waals surface area (Å²) in [7, 11) is 1.86. The van der Waals surface area contributed by atoms with Crippen molar-refractivity contribution in [2.45, 2.75) is 32.2 Å². The van der Waals surface area contributed by atoms with Crippen LogP contribution in [0.4, 0.5) is 0 Å². The maximum absolute atomic E-state index is 11.4. The Balaban J connectivity index is 0. The minimum absolute atomic E-state index is 0. The predicted molar refractivity (Wildman–Crippen MR) is 66.1 cm³/mol. The van der Waals surface area contributed by atoms with E-state index in [-0.39, 0.29) is 8.76 Å². The molecule has 0 bridgehead atoms. The first-order chi connectivity index (χ1) is 7.27. The summed E-state index contributed by atoms with van der Waals surface area (Å²) in [6.07, 6.45) is 3.07. The highest BCUT2D eigenvalue weighted by Crippen LogP contribution is 2.15. The molecule has 1 atom stereocenters. The molecule has 1 fully saturated rings. The highest BCUT2D eigenvalue weighted by atomic mass is 16.1. The third kappa shape index (κ3) is 4.18. The number of carbonyl (C=O) groups excluding carboxylic acids is 1. The van der Waals surface area contributed by atoms with Crippen molar-refractivity contribution in [1.29, 1.82) is 0 Å². The fourth-order valence-corrected chi connectivity index (χ4v) is 2.10. The number of rotatable bonds is 6. The topological polar surface area (TPSA) is 44.4 Å². The molecule has 15 heavy (non-hydrogen) atoms. The van der Waals surface area contributed by atoms with Crippen molar-refractivity contribution >= 4 is 5.91 Å². The lowest BCUT2D eigenvalue weighted by atomic mass is 10.2. The Morgan fingerprint density at radius 3 is 3.07 bits per heavy atom. The third-order valence-corrected chi connectivity index (χ3v) is 3.04. The van der Waals surface area contributed by atoms with Crippen LogP contribution in [0.3, 0.4) is 0 Å². The van der Waals surface area contributed by atoms with Gasteiger partial charge in [-0.1, -0.05) is 6.92 Å². The van der Waals surface area contributed by atoms with E-state index in [4.69, 9.17) is 0 Å². The minimum atomic E-state index is 0. The predicted octanol–water partition coefficient (Wildman–Crippen LogP) is 0.688. The van der Waals surface area contributed by atoms with E-state index in [9.17, 15) is 4.79 Å². The Labute approximate surface area is 95.4 Å². The summed E-state index contributed by atoms with van der Waals surface area (Å²) >= 11 is 0. The number of hydrogen-bond acceptors (Lipinski definition) is 3. The van der Waals surface area contributed by atoms with E-state index in [0.29, 0.717) is 12.5 Å². The van der Waals surface area contributed by atoms with Crippen LogP contribution < -0.4 is 10.6 Å². The van der Waals surface area contributed by atoms with E-state index in [0.717, 1.165) is 19.6 Å². The van der Waals surface area contributed by atoms with Crippen LogP contribution in [-0.2, 0) is 4.79 Å². The van der Waals surface area contributed by atoms with Gasteiger partial charge in [-0.15, -0.1) is 0 Å². The van der Waals surface area contributed by atoms with Gasteiger partial charge < -0.3 is 10.6 Å². The summed E-state index contributed by atoms with van der Waals surface area (Å²) < 4.78 is 0. The minimum Gasteiger partial charge on any atom is -0.354 e. The Morgan fingerprint density at radius 2 is 2.40 bits per heavy atom. The quantitative estimate of drug-likeness (QED) is 0.688. The van der Waals surface area contributed by atoms with Crippen LogP contribution in [0.15, 0.2) is 0 Å². The molecule has 1 saturated heterocycles. The monoisotopic (exact) mass is 217 g/mol. The van der Waals surface area contributed by atoms with Crippen molar-refractivity contribution in [3.63, 3.8) is 0 Å². The molecule has 0 aromatic carbocycles. The summed E-state index contributed by atoms with van der Waals surface area (Å²) in [6.45, 7) is 6.04. The lowest BCUT2D eigenvalue weighted by molar-refractivity contribution is -0.121. The van der Waals surface area contributed by atoms with Gasteiger partial charge in [0.15, 0.2) is 0 Å². The second-order valence-electron chi connectivity index (χ2n) is 4.08. The van der Waals surface area contributed by atoms with Crippen LogP contribution in [0.1, 0.15) is 29.0 Å². The van der Waals surface area contributed by atoms with Gasteiger partial charge in [0, 0.05) is 28.4 Å². The summed E-state index contributed by atoms with van der Waals surface area (Å²) in [4.78, 5) is 13.8. The van der Waals surface area contributed by atoms with Gasteiger partial charge in [-0.05, 0) is 33.0 Å². The molecule has 1 rings (SSSR count). The summed E-state index contributed by atoms with van der Waals surface area (Å²) in [5.41, 5.74) is 0. The summed E-state index contributed by atoms with van der Waals surface area (Å²) in [6, 6.07) is 0.563. The van der Waals surface area contributed by atoms with E-state index >= 15 is 0 Å². The van der Waals surface area contributed by atoms with Gasteiger partial charge in [0.25, 0.3) is 0 Å². The maximum atomic E-state index is 11.4. The number of likely N-dealkylation sites (tertiary alicyclic amines) is 1. The van der Waals surface area contributed by atoms with Crippen LogP contribution in [0.5, 0.6) is 0 Å². The van der Waals surface area contributed by atoms with Crippen LogP contribution in [0, 0.1) is 0 Å². The highest BCUT2D eigenvalue weighted by Gasteiger charge is 2.22. The largest absolute Gasteiger partial charge is 0.354 e. The molecule has 1 amide bonds. The van der Waals surface area contributed by atoms with Crippen molar-refractivity contribution in [2.24, 2.45) is 0 Å². The average molecular weight is 217 g/mol. The van der Waals surface area contributed by atoms with Crippen LogP contribution >= 0.6 is 0 Å². The summed E-state index contributed by atoms with van der Waals surface area (Å²) in [5.74, 6) is 0.160. The molecule has 0 aliphatic carbocycles. The van der Waals surface area contributed by atoms with Crippen molar-refractivity contribution in [2.75, 3.05) is 33.2 Å². The van der Waals surface area contributed by atoms with Gasteiger partial charge in [0.2, 0.25) is 5.91 Å². The number of nitrogens with zero attached hydrogens (tertiary/aromatic N) is 1. The molecule has 4 nitrogen and oxygen atoms in total. The lowest BCUT2D eigenvalue weighted by Gasteiger charge is -2.22. The van der Waals surface area contributed by atoms with Crippen LogP contribution in [0.25, 0.3) is 0 Å². The molecular weight excluding hydrogens is 190 g/mol. The number of carbonyl (C=O) groups is 1. The first-order valence-corrected chi connectivity index (χ1v) is 5.93. The van der Waals surface area contributed by atoms with Gasteiger partial charge in [-0.3, -0.25) is 9.69 Å². The second-order valence-corrected chi connectivity index (χ2v) is 4.08. The van der Waals surface area contributed by atoms with E-state index in [1.54, 1.807) is 0 Å². The van der Waals surface area contributed by atoms with Crippen molar-refractivity contribution < 1.29 is 7.65 Å². The molecule has 1 heterocycles. The number of amides is 1. The van der Waals surface area contributed by atoms with Crippen molar-refractivity contribution in [3.05, 3.63) is 0 Å². The number of likely N-dealkylation sites (N-methyl/N-ethyl adjacent to an activating group) is 1. The molecule has 0 radical (unpaired) electrons. The molecule has 0 saturated carbocycles. The molecule has 0 spiro atoms. The Kier molecular flexibility index (Phi) is 5.65. The third-order valence-electron chi connectivity index (χ3n) is 3.04. The molecule has 92 valence electrons. The van der Waals surface area contributed by atoms with Gasteiger partial charge in [0.05, 0.1) is 0 Å². The standard InChI is InChI=1S/C11H23N3O.2H2/c1-3-14-8-4-5-10(14)9-13-11(15)6-7-12-2;;/h10,12H,3-9H2,1-2H3,(H,13,15);2*1H. The second kappa shape index (κ2) is 6.80. The molecule has 4 heteroatoms. The molecule has 1 aliphatic rings. The van der Waals surface area contributed by atoms with E-state index in [2.05, 4.69) is 22.5 Å². The van der Waals surface area contributed by atoms with E-state index in [1.165, 1.54) is 19.4 Å². The fraction of sp³-hybridized carbons (Fsp3) is 0.909. The van der Waals surface area contributed by atoms with Crippen LogP contribution in [-0.4, -0.2) is 50.1 Å². The molecular formula is C11H27N3O. The highest BCUT2D eigenvalue weighted by molar-refractivity contribution is 5.76.